The standard InChI is InChI=1S/C29H37N7O3S2/c1-6-21-8-7-9-36(21)26-16-25(31-19(3)32-26)33-29-30-17-27(41-29)40-24-15-22(23(39-5)14-18(24)2)28(38)35-12-10-34(11-13-35)20(4)37/h14-17,21H,6-13H2,1-5H3,(H,30,31,32,33). The van der Waals surface area contributed by atoms with Crippen molar-refractivity contribution in [3.05, 3.63) is 41.3 Å². The van der Waals surface area contributed by atoms with Crippen LogP contribution in [0.25, 0.3) is 0 Å². The summed E-state index contributed by atoms with van der Waals surface area (Å²) in [4.78, 5) is 46.0. The fourth-order valence-electron chi connectivity index (χ4n) is 5.41. The zero-order valence-electron chi connectivity index (χ0n) is 24.3. The van der Waals surface area contributed by atoms with E-state index in [-0.39, 0.29) is 11.8 Å². The van der Waals surface area contributed by atoms with Crippen LogP contribution >= 0.6 is 23.1 Å². The van der Waals surface area contributed by atoms with Gasteiger partial charge in [-0.1, -0.05) is 30.0 Å². The molecule has 0 bridgehead atoms. The number of carbonyl (C=O) groups excluding carboxylic acids is 2. The number of nitrogens with zero attached hydrogens (tertiary/aromatic N) is 6. The van der Waals surface area contributed by atoms with E-state index in [0.717, 1.165) is 50.2 Å². The number of nitrogens with one attached hydrogen (secondary N) is 1. The Morgan fingerprint density at radius 3 is 2.56 bits per heavy atom. The molecule has 1 unspecified atom stereocenters. The lowest BCUT2D eigenvalue weighted by Crippen LogP contribution is -2.50. The summed E-state index contributed by atoms with van der Waals surface area (Å²) in [5.74, 6) is 2.93. The van der Waals surface area contributed by atoms with Crippen molar-refractivity contribution in [1.29, 1.82) is 0 Å². The second-order valence-corrected chi connectivity index (χ2v) is 12.8. The van der Waals surface area contributed by atoms with Crippen LogP contribution in [0, 0.1) is 13.8 Å². The largest absolute Gasteiger partial charge is 0.496 e. The third kappa shape index (κ3) is 6.59. The molecule has 5 rings (SSSR count). The van der Waals surface area contributed by atoms with Gasteiger partial charge in [0, 0.05) is 56.7 Å². The van der Waals surface area contributed by atoms with Crippen molar-refractivity contribution in [2.75, 3.05) is 50.1 Å². The van der Waals surface area contributed by atoms with Crippen LogP contribution in [0.2, 0.25) is 0 Å². The molecule has 2 aliphatic rings. The maximum absolute atomic E-state index is 13.5. The fourth-order valence-corrected chi connectivity index (χ4v) is 7.36. The summed E-state index contributed by atoms with van der Waals surface area (Å²) in [6.45, 7) is 10.8. The predicted molar refractivity (Wildman–Crippen MR) is 163 cm³/mol. The van der Waals surface area contributed by atoms with E-state index < -0.39 is 0 Å². The van der Waals surface area contributed by atoms with E-state index in [1.165, 1.54) is 24.2 Å². The highest BCUT2D eigenvalue weighted by molar-refractivity contribution is 8.01. The zero-order chi connectivity index (χ0) is 29.1. The predicted octanol–water partition coefficient (Wildman–Crippen LogP) is 5.14. The quantitative estimate of drug-likeness (QED) is 0.379. The number of amides is 2. The van der Waals surface area contributed by atoms with Gasteiger partial charge < -0.3 is 24.8 Å². The maximum Gasteiger partial charge on any atom is 0.257 e. The number of carbonyl (C=O) groups is 2. The molecule has 3 aromatic rings. The summed E-state index contributed by atoms with van der Waals surface area (Å²) in [5, 5.41) is 4.12. The van der Waals surface area contributed by atoms with E-state index in [1.54, 1.807) is 35.6 Å². The Labute approximate surface area is 249 Å². The van der Waals surface area contributed by atoms with Gasteiger partial charge in [-0.25, -0.2) is 15.0 Å². The molecule has 0 radical (unpaired) electrons. The second-order valence-electron chi connectivity index (χ2n) is 10.4. The molecule has 218 valence electrons. The summed E-state index contributed by atoms with van der Waals surface area (Å²) in [7, 11) is 1.58. The third-order valence-corrected chi connectivity index (χ3v) is 9.81. The molecule has 0 saturated carbocycles. The van der Waals surface area contributed by atoms with E-state index in [9.17, 15) is 9.59 Å². The van der Waals surface area contributed by atoms with Gasteiger partial charge in [0.15, 0.2) is 5.13 Å². The summed E-state index contributed by atoms with van der Waals surface area (Å²) >= 11 is 3.11. The molecular weight excluding hydrogens is 558 g/mol. The van der Waals surface area contributed by atoms with Crippen LogP contribution in [-0.4, -0.2) is 82.4 Å². The van der Waals surface area contributed by atoms with E-state index in [0.29, 0.717) is 43.5 Å². The fraction of sp³-hybridized carbons (Fsp3) is 0.483. The lowest BCUT2D eigenvalue weighted by Gasteiger charge is -2.34. The molecule has 2 aliphatic heterocycles. The maximum atomic E-state index is 13.5. The SMILES string of the molecule is CCC1CCCN1c1cc(Nc2ncc(Sc3cc(C(=O)N4CCN(C(C)=O)CC4)c(OC)cc3C)s2)nc(C)n1. The van der Waals surface area contributed by atoms with Crippen LogP contribution in [0.4, 0.5) is 16.8 Å². The smallest absolute Gasteiger partial charge is 0.257 e. The summed E-state index contributed by atoms with van der Waals surface area (Å²) in [5.41, 5.74) is 1.54. The van der Waals surface area contributed by atoms with Gasteiger partial charge in [0.2, 0.25) is 5.91 Å². The van der Waals surface area contributed by atoms with Gasteiger partial charge in [0.1, 0.15) is 23.2 Å². The second kappa shape index (κ2) is 12.6. The van der Waals surface area contributed by atoms with Crippen LogP contribution in [0.3, 0.4) is 0 Å². The molecule has 41 heavy (non-hydrogen) atoms. The number of benzene rings is 1. The number of aromatic nitrogens is 3. The molecular formula is C29H37N7O3S2. The Balaban J connectivity index is 1.31. The lowest BCUT2D eigenvalue weighted by atomic mass is 10.1. The van der Waals surface area contributed by atoms with Gasteiger partial charge in [-0.3, -0.25) is 9.59 Å². The Bertz CT molecular complexity index is 1420. The first-order valence-electron chi connectivity index (χ1n) is 14.0. The molecule has 2 amide bonds. The van der Waals surface area contributed by atoms with Gasteiger partial charge >= 0.3 is 0 Å². The van der Waals surface area contributed by atoms with Crippen molar-refractivity contribution in [2.45, 2.75) is 62.1 Å². The minimum absolute atomic E-state index is 0.0362. The Morgan fingerprint density at radius 2 is 1.85 bits per heavy atom. The van der Waals surface area contributed by atoms with Crippen molar-refractivity contribution in [1.82, 2.24) is 24.8 Å². The highest BCUT2D eigenvalue weighted by Crippen LogP contribution is 2.39. The molecule has 1 N–H and O–H groups in total. The molecule has 1 aromatic carbocycles. The van der Waals surface area contributed by atoms with E-state index in [1.807, 2.05) is 38.2 Å². The van der Waals surface area contributed by atoms with Crippen molar-refractivity contribution in [3.63, 3.8) is 0 Å². The molecule has 12 heteroatoms. The van der Waals surface area contributed by atoms with Gasteiger partial charge in [0.05, 0.1) is 23.1 Å². The number of piperazine rings is 1. The van der Waals surface area contributed by atoms with Crippen molar-refractivity contribution < 1.29 is 14.3 Å². The number of hydrogen-bond donors (Lipinski definition) is 1. The number of ether oxygens (including phenoxy) is 1. The van der Waals surface area contributed by atoms with Crippen molar-refractivity contribution in [3.8, 4) is 5.75 Å². The molecule has 2 aromatic heterocycles. The number of thiazole rings is 1. The van der Waals surface area contributed by atoms with Gasteiger partial charge in [-0.15, -0.1) is 0 Å². The van der Waals surface area contributed by atoms with E-state index >= 15 is 0 Å². The first-order chi connectivity index (χ1) is 19.7. The topological polar surface area (TPSA) is 104 Å². The number of rotatable bonds is 8. The van der Waals surface area contributed by atoms with Gasteiger partial charge in [-0.05, 0) is 50.8 Å². The van der Waals surface area contributed by atoms with E-state index in [4.69, 9.17) is 9.72 Å². The number of methoxy groups -OCH3 is 1. The van der Waals surface area contributed by atoms with E-state index in [2.05, 4.69) is 27.1 Å². The lowest BCUT2D eigenvalue weighted by molar-refractivity contribution is -0.130. The Morgan fingerprint density at radius 1 is 1.10 bits per heavy atom. The number of hydrogen-bond acceptors (Lipinski definition) is 10. The van der Waals surface area contributed by atoms with Crippen LogP contribution in [-0.2, 0) is 4.79 Å². The number of aryl methyl sites for hydroxylation is 2. The highest BCUT2D eigenvalue weighted by atomic mass is 32.2. The Kier molecular flexibility index (Phi) is 8.98. The zero-order valence-corrected chi connectivity index (χ0v) is 25.9. The van der Waals surface area contributed by atoms with Crippen molar-refractivity contribution in [2.24, 2.45) is 0 Å². The van der Waals surface area contributed by atoms with Crippen LogP contribution in [0.5, 0.6) is 5.75 Å². The van der Waals surface area contributed by atoms with Crippen LogP contribution in [0.15, 0.2) is 33.5 Å². The summed E-state index contributed by atoms with van der Waals surface area (Å²) in [6, 6.07) is 6.35. The third-order valence-electron chi connectivity index (χ3n) is 7.64. The summed E-state index contributed by atoms with van der Waals surface area (Å²) in [6.07, 6.45) is 5.33. The van der Waals surface area contributed by atoms with Crippen molar-refractivity contribution >= 4 is 51.7 Å². The molecule has 1 atom stereocenters. The first kappa shape index (κ1) is 29.1. The normalized spacial score (nSPS) is 17.2. The first-order valence-corrected chi connectivity index (χ1v) is 15.7. The molecule has 2 fully saturated rings. The number of anilines is 3. The minimum Gasteiger partial charge on any atom is -0.496 e. The average Bonchev–Trinajstić information content (AvgIpc) is 3.62. The van der Waals surface area contributed by atoms with Gasteiger partial charge in [0.25, 0.3) is 5.91 Å². The minimum atomic E-state index is -0.0863. The summed E-state index contributed by atoms with van der Waals surface area (Å²) < 4.78 is 6.58. The molecule has 0 spiro atoms. The van der Waals surface area contributed by atoms with Crippen LogP contribution in [0.1, 0.15) is 54.9 Å². The molecule has 10 nitrogen and oxygen atoms in total. The Hall–Kier alpha value is -3.38. The molecule has 0 aliphatic carbocycles. The molecule has 2 saturated heterocycles. The highest BCUT2D eigenvalue weighted by Gasteiger charge is 2.27. The average molecular weight is 596 g/mol. The monoisotopic (exact) mass is 595 g/mol. The molecule has 4 heterocycles. The van der Waals surface area contributed by atoms with Crippen LogP contribution < -0.4 is 15.0 Å². The van der Waals surface area contributed by atoms with Gasteiger partial charge in [-0.2, -0.15) is 0 Å².